The maximum Gasteiger partial charge on any atom is 0.402 e. The first-order chi connectivity index (χ1) is 9.09. The van der Waals surface area contributed by atoms with Crippen molar-refractivity contribution in [2.45, 2.75) is 52.1 Å². The van der Waals surface area contributed by atoms with Gasteiger partial charge in [0.25, 0.3) is 0 Å². The molecule has 1 unspecified atom stereocenters. The van der Waals surface area contributed by atoms with Crippen molar-refractivity contribution in [2.24, 2.45) is 0 Å². The molecule has 0 aromatic carbocycles. The highest BCUT2D eigenvalue weighted by atomic mass is 19.3. The molecule has 0 fully saturated rings. The van der Waals surface area contributed by atoms with Gasteiger partial charge in [0.2, 0.25) is 5.78 Å². The van der Waals surface area contributed by atoms with Crippen LogP contribution in [0.3, 0.4) is 0 Å². The Hall–Kier alpha value is -1.59. The predicted molar refractivity (Wildman–Crippen MR) is 69.5 cm³/mol. The van der Waals surface area contributed by atoms with E-state index in [9.17, 15) is 22.8 Å². The minimum atomic E-state index is -4.68. The lowest BCUT2D eigenvalue weighted by Crippen LogP contribution is -2.42. The molecule has 0 heterocycles. The van der Waals surface area contributed by atoms with Crippen molar-refractivity contribution in [3.05, 3.63) is 23.3 Å². The predicted octanol–water partition coefficient (Wildman–Crippen LogP) is 3.70. The van der Waals surface area contributed by atoms with Crippen molar-refractivity contribution in [1.82, 2.24) is 0 Å². The molecule has 0 rings (SSSR count). The molecule has 0 aliphatic carbocycles. The Bertz CT molecular complexity index is 421. The molecule has 0 aromatic heterocycles. The molecular formula is C14H19F3O3. The topological polar surface area (TPSA) is 54.4 Å². The summed E-state index contributed by atoms with van der Waals surface area (Å²) in [7, 11) is 0. The molecule has 0 saturated heterocycles. The van der Waals surface area contributed by atoms with Gasteiger partial charge in [0.1, 0.15) is 0 Å². The number of rotatable bonds is 8. The van der Waals surface area contributed by atoms with Crippen molar-refractivity contribution in [3.63, 3.8) is 0 Å². The summed E-state index contributed by atoms with van der Waals surface area (Å²) in [6.45, 7) is 5.57. The van der Waals surface area contributed by atoms with E-state index in [1.165, 1.54) is 6.08 Å². The van der Waals surface area contributed by atoms with E-state index < -0.39 is 30.3 Å². The van der Waals surface area contributed by atoms with Crippen LogP contribution < -0.4 is 0 Å². The van der Waals surface area contributed by atoms with E-state index in [2.05, 4.69) is 0 Å². The monoisotopic (exact) mass is 292 g/mol. The SMILES string of the molecule is CC(C)=CCCC(C)=CCC(F)C(=O)C(F)(F)C(=O)O. The molecule has 114 valence electrons. The molecule has 3 nitrogen and oxygen atoms in total. The number of carbonyl (C=O) groups is 2. The third-order valence-corrected chi connectivity index (χ3v) is 2.63. The van der Waals surface area contributed by atoms with Crippen molar-refractivity contribution in [1.29, 1.82) is 0 Å². The third kappa shape index (κ3) is 6.04. The second-order valence-corrected chi connectivity index (χ2v) is 4.82. The Morgan fingerprint density at radius 2 is 1.75 bits per heavy atom. The lowest BCUT2D eigenvalue weighted by atomic mass is 10.0. The molecular weight excluding hydrogens is 273 g/mol. The van der Waals surface area contributed by atoms with Gasteiger partial charge in [-0.25, -0.2) is 9.18 Å². The van der Waals surface area contributed by atoms with Crippen LogP contribution in [0.15, 0.2) is 23.3 Å². The van der Waals surface area contributed by atoms with Gasteiger partial charge in [0.05, 0.1) is 0 Å². The zero-order valence-corrected chi connectivity index (χ0v) is 11.8. The first-order valence-corrected chi connectivity index (χ1v) is 6.17. The van der Waals surface area contributed by atoms with E-state index in [0.717, 1.165) is 17.6 Å². The number of aliphatic carboxylic acids is 1. The van der Waals surface area contributed by atoms with Crippen LogP contribution in [-0.4, -0.2) is 29.0 Å². The summed E-state index contributed by atoms with van der Waals surface area (Å²) in [6, 6.07) is 0. The van der Waals surface area contributed by atoms with Crippen LogP contribution in [0.25, 0.3) is 0 Å². The summed E-state index contributed by atoms with van der Waals surface area (Å²) in [6.07, 6.45) is 1.64. The second kappa shape index (κ2) is 7.87. The van der Waals surface area contributed by atoms with Crippen LogP contribution in [-0.2, 0) is 9.59 Å². The van der Waals surface area contributed by atoms with Crippen molar-refractivity contribution in [2.75, 3.05) is 0 Å². The summed E-state index contributed by atoms with van der Waals surface area (Å²) < 4.78 is 38.9. The standard InChI is InChI=1S/C14H19F3O3/c1-9(2)5-4-6-10(3)7-8-11(15)12(18)14(16,17)13(19)20/h5,7,11H,4,6,8H2,1-3H3,(H,19,20). The number of halogens is 3. The minimum Gasteiger partial charge on any atom is -0.476 e. The fourth-order valence-corrected chi connectivity index (χ4v) is 1.40. The Labute approximate surface area is 116 Å². The average Bonchev–Trinajstić information content (AvgIpc) is 2.34. The van der Waals surface area contributed by atoms with Crippen LogP contribution in [0.2, 0.25) is 0 Å². The summed E-state index contributed by atoms with van der Waals surface area (Å²) in [5.74, 6) is -9.52. The summed E-state index contributed by atoms with van der Waals surface area (Å²) in [5, 5.41) is 8.15. The molecule has 0 spiro atoms. The van der Waals surface area contributed by atoms with Crippen LogP contribution >= 0.6 is 0 Å². The van der Waals surface area contributed by atoms with Gasteiger partial charge >= 0.3 is 11.9 Å². The molecule has 20 heavy (non-hydrogen) atoms. The van der Waals surface area contributed by atoms with E-state index in [4.69, 9.17) is 5.11 Å². The normalized spacial score (nSPS) is 13.8. The van der Waals surface area contributed by atoms with Gasteiger partial charge in [0.15, 0.2) is 6.17 Å². The molecule has 0 aliphatic heterocycles. The zero-order valence-electron chi connectivity index (χ0n) is 11.8. The molecule has 0 radical (unpaired) electrons. The fraction of sp³-hybridized carbons (Fsp3) is 0.571. The van der Waals surface area contributed by atoms with Gasteiger partial charge in [-0.2, -0.15) is 8.78 Å². The van der Waals surface area contributed by atoms with Gasteiger partial charge in [-0.1, -0.05) is 23.3 Å². The Balaban J connectivity index is 4.47. The molecule has 1 atom stereocenters. The fourth-order valence-electron chi connectivity index (χ4n) is 1.40. The highest BCUT2D eigenvalue weighted by molar-refractivity contribution is 6.06. The van der Waals surface area contributed by atoms with Crippen LogP contribution in [0, 0.1) is 0 Å². The third-order valence-electron chi connectivity index (χ3n) is 2.63. The van der Waals surface area contributed by atoms with Crippen molar-refractivity contribution in [3.8, 4) is 0 Å². The molecule has 0 aromatic rings. The molecule has 0 amide bonds. The van der Waals surface area contributed by atoms with Crippen molar-refractivity contribution < 1.29 is 27.9 Å². The van der Waals surface area contributed by atoms with E-state index in [0.29, 0.717) is 6.42 Å². The Morgan fingerprint density at radius 3 is 2.20 bits per heavy atom. The molecule has 0 bridgehead atoms. The quantitative estimate of drug-likeness (QED) is 0.548. The van der Waals surface area contributed by atoms with Crippen LogP contribution in [0.1, 0.15) is 40.0 Å². The van der Waals surface area contributed by atoms with Gasteiger partial charge in [-0.05, 0) is 33.6 Å². The number of carbonyl (C=O) groups excluding carboxylic acids is 1. The molecule has 6 heteroatoms. The first-order valence-electron chi connectivity index (χ1n) is 6.17. The van der Waals surface area contributed by atoms with E-state index in [1.807, 2.05) is 19.9 Å². The minimum absolute atomic E-state index is 0.539. The number of carboxylic acid groups (broad SMARTS) is 1. The summed E-state index contributed by atoms with van der Waals surface area (Å²) in [5.41, 5.74) is 1.90. The van der Waals surface area contributed by atoms with Gasteiger partial charge in [0, 0.05) is 6.42 Å². The number of hydrogen-bond donors (Lipinski definition) is 1. The lowest BCUT2D eigenvalue weighted by molar-refractivity contribution is -0.173. The Kier molecular flexibility index (Phi) is 7.24. The van der Waals surface area contributed by atoms with E-state index in [-0.39, 0.29) is 0 Å². The zero-order chi connectivity index (χ0) is 15.9. The average molecular weight is 292 g/mol. The molecule has 0 saturated carbocycles. The first kappa shape index (κ1) is 18.4. The van der Waals surface area contributed by atoms with E-state index >= 15 is 0 Å². The smallest absolute Gasteiger partial charge is 0.402 e. The number of allylic oxidation sites excluding steroid dienone is 4. The summed E-state index contributed by atoms with van der Waals surface area (Å²) >= 11 is 0. The number of Topliss-reactive ketones (excluding diaryl/α,β-unsaturated/α-hetero) is 1. The van der Waals surface area contributed by atoms with Gasteiger partial charge < -0.3 is 5.11 Å². The molecule has 0 aliphatic rings. The number of alkyl halides is 3. The number of carboxylic acids is 1. The van der Waals surface area contributed by atoms with Crippen LogP contribution in [0.4, 0.5) is 13.2 Å². The maximum atomic E-state index is 13.3. The highest BCUT2D eigenvalue weighted by Gasteiger charge is 2.50. The van der Waals surface area contributed by atoms with Gasteiger partial charge in [-0.15, -0.1) is 0 Å². The maximum absolute atomic E-state index is 13.3. The Morgan fingerprint density at radius 1 is 1.20 bits per heavy atom. The lowest BCUT2D eigenvalue weighted by Gasteiger charge is -2.12. The number of ketones is 1. The largest absolute Gasteiger partial charge is 0.476 e. The highest BCUT2D eigenvalue weighted by Crippen LogP contribution is 2.21. The second-order valence-electron chi connectivity index (χ2n) is 4.82. The van der Waals surface area contributed by atoms with Crippen LogP contribution in [0.5, 0.6) is 0 Å². The van der Waals surface area contributed by atoms with Crippen molar-refractivity contribution >= 4 is 11.8 Å². The number of hydrogen-bond acceptors (Lipinski definition) is 2. The summed E-state index contributed by atoms with van der Waals surface area (Å²) in [4.78, 5) is 21.1. The molecule has 1 N–H and O–H groups in total. The van der Waals surface area contributed by atoms with E-state index in [1.54, 1.807) is 6.92 Å². The van der Waals surface area contributed by atoms with Gasteiger partial charge in [-0.3, -0.25) is 4.79 Å².